The van der Waals surface area contributed by atoms with Crippen LogP contribution >= 0.6 is 0 Å². The first kappa shape index (κ1) is 8.99. The van der Waals surface area contributed by atoms with Crippen molar-refractivity contribution in [3.05, 3.63) is 30.6 Å². The molecule has 0 fully saturated rings. The number of aryl methyl sites for hydroxylation is 1. The van der Waals surface area contributed by atoms with Gasteiger partial charge < -0.3 is 9.80 Å². The summed E-state index contributed by atoms with van der Waals surface area (Å²) in [6.07, 6.45) is 7.86. The van der Waals surface area contributed by atoms with Gasteiger partial charge in [0.2, 0.25) is 0 Å². The maximum Gasteiger partial charge on any atom is 0.115 e. The van der Waals surface area contributed by atoms with Crippen molar-refractivity contribution in [3.8, 4) is 0 Å². The lowest BCUT2D eigenvalue weighted by atomic mass is 10.3. The molecule has 1 aromatic heterocycles. The summed E-state index contributed by atoms with van der Waals surface area (Å²) in [5.74, 6) is 0. The van der Waals surface area contributed by atoms with E-state index in [1.807, 2.05) is 13.1 Å². The van der Waals surface area contributed by atoms with Crippen molar-refractivity contribution >= 4 is 5.69 Å². The van der Waals surface area contributed by atoms with Crippen LogP contribution in [0.2, 0.25) is 0 Å². The predicted octanol–water partition coefficient (Wildman–Crippen LogP) is 1.35. The van der Waals surface area contributed by atoms with Gasteiger partial charge in [-0.3, -0.25) is 0 Å². The molecule has 0 saturated heterocycles. The quantitative estimate of drug-likeness (QED) is 0.669. The number of anilines is 1. The van der Waals surface area contributed by atoms with Crippen LogP contribution in [0.5, 0.6) is 0 Å². The number of hydrogen-bond acceptors (Lipinski definition) is 4. The molecule has 0 bridgehead atoms. The normalized spacial score (nSPS) is 20.6. The lowest BCUT2D eigenvalue weighted by molar-refractivity contribution is 0.382. The van der Waals surface area contributed by atoms with Crippen molar-refractivity contribution in [1.29, 1.82) is 0 Å². The number of rotatable bonds is 1. The van der Waals surface area contributed by atoms with Gasteiger partial charge >= 0.3 is 0 Å². The Hall–Kier alpha value is -1.58. The second-order valence-corrected chi connectivity index (χ2v) is 3.50. The van der Waals surface area contributed by atoms with E-state index in [0.29, 0.717) is 6.17 Å². The highest BCUT2D eigenvalue weighted by Gasteiger charge is 2.21. The Morgan fingerprint density at radius 2 is 2.14 bits per heavy atom. The summed E-state index contributed by atoms with van der Waals surface area (Å²) < 4.78 is 0. The maximum atomic E-state index is 4.18. The highest BCUT2D eigenvalue weighted by molar-refractivity contribution is 5.52. The molecule has 0 aromatic carbocycles. The van der Waals surface area contributed by atoms with Crippen LogP contribution in [0.3, 0.4) is 0 Å². The molecule has 0 saturated carbocycles. The van der Waals surface area contributed by atoms with Gasteiger partial charge in [-0.05, 0) is 13.8 Å². The van der Waals surface area contributed by atoms with Gasteiger partial charge in [0.15, 0.2) is 0 Å². The minimum Gasteiger partial charge on any atom is -0.359 e. The fourth-order valence-electron chi connectivity index (χ4n) is 1.54. The van der Waals surface area contributed by atoms with E-state index < -0.39 is 0 Å². The molecule has 1 aromatic rings. The molecule has 0 unspecified atom stereocenters. The highest BCUT2D eigenvalue weighted by Crippen LogP contribution is 2.24. The molecule has 2 rings (SSSR count). The van der Waals surface area contributed by atoms with Gasteiger partial charge in [-0.2, -0.15) is 0 Å². The molecule has 4 heteroatoms. The van der Waals surface area contributed by atoms with Gasteiger partial charge in [0.1, 0.15) is 12.5 Å². The third-order valence-electron chi connectivity index (χ3n) is 2.62. The van der Waals surface area contributed by atoms with Gasteiger partial charge in [0.25, 0.3) is 0 Å². The van der Waals surface area contributed by atoms with E-state index in [1.54, 1.807) is 6.33 Å². The van der Waals surface area contributed by atoms with Crippen LogP contribution in [0.4, 0.5) is 5.69 Å². The molecule has 0 spiro atoms. The first-order valence-electron chi connectivity index (χ1n) is 4.65. The first-order valence-corrected chi connectivity index (χ1v) is 4.65. The molecule has 0 amide bonds. The minimum absolute atomic E-state index is 0.333. The summed E-state index contributed by atoms with van der Waals surface area (Å²) >= 11 is 0. The van der Waals surface area contributed by atoms with Gasteiger partial charge in [0.05, 0.1) is 17.6 Å². The number of aromatic nitrogens is 2. The zero-order valence-electron chi connectivity index (χ0n) is 8.68. The summed E-state index contributed by atoms with van der Waals surface area (Å²) in [6.45, 7) is 4.14. The average molecular weight is 190 g/mol. The highest BCUT2D eigenvalue weighted by atomic mass is 15.4. The van der Waals surface area contributed by atoms with Crippen LogP contribution in [-0.4, -0.2) is 28.1 Å². The average Bonchev–Trinajstić information content (AvgIpc) is 2.49. The summed E-state index contributed by atoms with van der Waals surface area (Å²) in [7, 11) is 2.06. The van der Waals surface area contributed by atoms with Gasteiger partial charge in [-0.25, -0.2) is 9.97 Å². The maximum absolute atomic E-state index is 4.18. The lowest BCUT2D eigenvalue weighted by Crippen LogP contribution is -2.33. The molecule has 0 radical (unpaired) electrons. The molecular formula is C10H14N4. The lowest BCUT2D eigenvalue weighted by Gasteiger charge is -2.27. The Morgan fingerprint density at radius 3 is 2.71 bits per heavy atom. The Morgan fingerprint density at radius 1 is 1.36 bits per heavy atom. The predicted molar refractivity (Wildman–Crippen MR) is 55.6 cm³/mol. The monoisotopic (exact) mass is 190 g/mol. The van der Waals surface area contributed by atoms with Crippen molar-refractivity contribution in [2.45, 2.75) is 20.0 Å². The summed E-state index contributed by atoms with van der Waals surface area (Å²) in [5, 5.41) is 0. The van der Waals surface area contributed by atoms with Crippen molar-refractivity contribution in [2.24, 2.45) is 0 Å². The van der Waals surface area contributed by atoms with E-state index in [0.717, 1.165) is 11.4 Å². The molecule has 0 N–H and O–H groups in total. The zero-order valence-corrected chi connectivity index (χ0v) is 8.68. The van der Waals surface area contributed by atoms with Crippen molar-refractivity contribution in [3.63, 3.8) is 0 Å². The Kier molecular flexibility index (Phi) is 2.11. The second-order valence-electron chi connectivity index (χ2n) is 3.50. The molecule has 0 aliphatic carbocycles. The van der Waals surface area contributed by atoms with Crippen molar-refractivity contribution < 1.29 is 0 Å². The van der Waals surface area contributed by atoms with Crippen molar-refractivity contribution in [2.75, 3.05) is 11.9 Å². The fourth-order valence-corrected chi connectivity index (χ4v) is 1.54. The van der Waals surface area contributed by atoms with E-state index in [2.05, 4.69) is 46.1 Å². The number of nitrogens with zero attached hydrogens (tertiary/aromatic N) is 4. The summed E-state index contributed by atoms with van der Waals surface area (Å²) in [5.41, 5.74) is 2.08. The van der Waals surface area contributed by atoms with E-state index in [4.69, 9.17) is 0 Å². The third-order valence-corrected chi connectivity index (χ3v) is 2.62. The van der Waals surface area contributed by atoms with Crippen LogP contribution < -0.4 is 4.90 Å². The Labute approximate surface area is 83.9 Å². The Balaban J connectivity index is 2.33. The molecule has 14 heavy (non-hydrogen) atoms. The van der Waals surface area contributed by atoms with Gasteiger partial charge in [0, 0.05) is 19.4 Å². The summed E-state index contributed by atoms with van der Waals surface area (Å²) in [6, 6.07) is 0. The molecule has 1 aliphatic rings. The van der Waals surface area contributed by atoms with E-state index in [-0.39, 0.29) is 0 Å². The van der Waals surface area contributed by atoms with E-state index >= 15 is 0 Å². The van der Waals surface area contributed by atoms with E-state index in [9.17, 15) is 0 Å². The van der Waals surface area contributed by atoms with E-state index in [1.165, 1.54) is 0 Å². The summed E-state index contributed by atoms with van der Waals surface area (Å²) in [4.78, 5) is 12.5. The van der Waals surface area contributed by atoms with Gasteiger partial charge in [-0.15, -0.1) is 0 Å². The molecule has 2 heterocycles. The second kappa shape index (κ2) is 3.29. The molecule has 1 atom stereocenters. The SMILES string of the molecule is Cc1ncncc1N1C=CN(C)[C@@H]1C. The molecular weight excluding hydrogens is 176 g/mol. The standard InChI is InChI=1S/C10H14N4/c1-8-10(6-11-7-12-8)14-5-4-13(3)9(14)2/h4-7,9H,1-3H3/t9-/m0/s1. The topological polar surface area (TPSA) is 32.3 Å². The van der Waals surface area contributed by atoms with Crippen LogP contribution in [-0.2, 0) is 0 Å². The van der Waals surface area contributed by atoms with Crippen LogP contribution in [0.25, 0.3) is 0 Å². The van der Waals surface area contributed by atoms with Crippen molar-refractivity contribution in [1.82, 2.24) is 14.9 Å². The van der Waals surface area contributed by atoms with Crippen LogP contribution in [0, 0.1) is 6.92 Å². The molecule has 1 aliphatic heterocycles. The largest absolute Gasteiger partial charge is 0.359 e. The first-order chi connectivity index (χ1) is 6.70. The molecule has 74 valence electrons. The number of hydrogen-bond donors (Lipinski definition) is 0. The molecule has 4 nitrogen and oxygen atoms in total. The third kappa shape index (κ3) is 1.32. The fraction of sp³-hybridized carbons (Fsp3) is 0.400. The van der Waals surface area contributed by atoms with Gasteiger partial charge in [-0.1, -0.05) is 0 Å². The Bertz CT molecular complexity index is 361. The van der Waals surface area contributed by atoms with Crippen LogP contribution in [0.15, 0.2) is 24.9 Å². The van der Waals surface area contributed by atoms with Crippen LogP contribution in [0.1, 0.15) is 12.6 Å². The zero-order chi connectivity index (χ0) is 10.1. The minimum atomic E-state index is 0.333. The smallest absolute Gasteiger partial charge is 0.115 e.